The van der Waals surface area contributed by atoms with Crippen molar-refractivity contribution in [1.82, 2.24) is 4.98 Å². The normalized spacial score (nSPS) is 19.5. The maximum absolute atomic E-state index is 12.6. The first-order valence-electron chi connectivity index (χ1n) is 7.82. The number of halogens is 3. The molecule has 0 saturated carbocycles. The lowest BCUT2D eigenvalue weighted by Gasteiger charge is -2.28. The maximum Gasteiger partial charge on any atom is 0.412 e. The van der Waals surface area contributed by atoms with Gasteiger partial charge in [-0.3, -0.25) is 0 Å². The summed E-state index contributed by atoms with van der Waals surface area (Å²) in [5, 5.41) is 3.33. The number of hydrogen-bond acceptors (Lipinski definition) is 3. The van der Waals surface area contributed by atoms with Crippen molar-refractivity contribution >= 4 is 17.1 Å². The van der Waals surface area contributed by atoms with E-state index in [0.29, 0.717) is 11.7 Å². The molecule has 2 aliphatic rings. The minimum atomic E-state index is -4.33. The Labute approximate surface area is 134 Å². The number of alkyl halides is 3. The highest BCUT2D eigenvalue weighted by Crippen LogP contribution is 2.35. The molecule has 2 aliphatic heterocycles. The van der Waals surface area contributed by atoms with Gasteiger partial charge in [-0.25, -0.2) is 4.98 Å². The Morgan fingerprint density at radius 3 is 2.74 bits per heavy atom. The SMILES string of the molecule is C=C(/C=C(\C)C(F)(F)F)c1ccc2c(n1)NC1CCN2C1.CC. The molecule has 23 heavy (non-hydrogen) atoms. The third kappa shape index (κ3) is 3.68. The molecular formula is C17H22F3N3. The second-order valence-corrected chi connectivity index (χ2v) is 5.49. The lowest BCUT2D eigenvalue weighted by molar-refractivity contribution is -0.0912. The summed E-state index contributed by atoms with van der Waals surface area (Å²) in [5.74, 6) is 0.737. The number of allylic oxidation sites excluding steroid dienone is 3. The summed E-state index contributed by atoms with van der Waals surface area (Å²) < 4.78 is 37.7. The Kier molecular flexibility index (Phi) is 5.02. The fourth-order valence-corrected chi connectivity index (χ4v) is 2.70. The average molecular weight is 325 g/mol. The first-order chi connectivity index (χ1) is 10.8. The first-order valence-corrected chi connectivity index (χ1v) is 7.82. The molecule has 6 heteroatoms. The van der Waals surface area contributed by atoms with Crippen LogP contribution in [0.2, 0.25) is 0 Å². The molecule has 3 nitrogen and oxygen atoms in total. The number of nitrogens with zero attached hydrogens (tertiary/aromatic N) is 2. The molecule has 0 aromatic carbocycles. The van der Waals surface area contributed by atoms with E-state index in [-0.39, 0.29) is 5.57 Å². The van der Waals surface area contributed by atoms with Gasteiger partial charge in [0.15, 0.2) is 5.82 Å². The molecule has 0 aliphatic carbocycles. The van der Waals surface area contributed by atoms with E-state index in [1.165, 1.54) is 0 Å². The molecule has 126 valence electrons. The summed E-state index contributed by atoms with van der Waals surface area (Å²) in [6.07, 6.45) is -2.24. The topological polar surface area (TPSA) is 28.2 Å². The number of nitrogens with one attached hydrogen (secondary N) is 1. The summed E-state index contributed by atoms with van der Waals surface area (Å²) in [5.41, 5.74) is 1.07. The maximum atomic E-state index is 12.6. The van der Waals surface area contributed by atoms with Crippen LogP contribution in [0.15, 0.2) is 30.4 Å². The van der Waals surface area contributed by atoms with E-state index in [2.05, 4.69) is 21.8 Å². The van der Waals surface area contributed by atoms with Crippen LogP contribution >= 0.6 is 0 Å². The van der Waals surface area contributed by atoms with Gasteiger partial charge in [0.25, 0.3) is 0 Å². The molecule has 1 saturated heterocycles. The Hall–Kier alpha value is -1.98. The Balaban J connectivity index is 0.000000924. The molecule has 1 fully saturated rings. The third-order valence-electron chi connectivity index (χ3n) is 3.91. The van der Waals surface area contributed by atoms with E-state index in [9.17, 15) is 13.2 Å². The molecule has 3 heterocycles. The lowest BCUT2D eigenvalue weighted by Crippen LogP contribution is -2.32. The van der Waals surface area contributed by atoms with Crippen molar-refractivity contribution in [2.75, 3.05) is 23.3 Å². The van der Waals surface area contributed by atoms with Crippen molar-refractivity contribution < 1.29 is 13.2 Å². The van der Waals surface area contributed by atoms with E-state index >= 15 is 0 Å². The van der Waals surface area contributed by atoms with Gasteiger partial charge >= 0.3 is 6.18 Å². The van der Waals surface area contributed by atoms with Crippen molar-refractivity contribution in [1.29, 1.82) is 0 Å². The smallest absolute Gasteiger partial charge is 0.366 e. The van der Waals surface area contributed by atoms with E-state index in [0.717, 1.165) is 44.0 Å². The van der Waals surface area contributed by atoms with Gasteiger partial charge in [0.05, 0.1) is 11.4 Å². The summed E-state index contributed by atoms with van der Waals surface area (Å²) in [7, 11) is 0. The van der Waals surface area contributed by atoms with Crippen LogP contribution < -0.4 is 10.2 Å². The van der Waals surface area contributed by atoms with Gasteiger partial charge in [0.1, 0.15) is 0 Å². The van der Waals surface area contributed by atoms with E-state index in [1.54, 1.807) is 6.07 Å². The van der Waals surface area contributed by atoms with Gasteiger partial charge in [-0.15, -0.1) is 0 Å². The number of anilines is 2. The molecule has 0 amide bonds. The number of rotatable bonds is 2. The highest BCUT2D eigenvalue weighted by Gasteiger charge is 2.31. The van der Waals surface area contributed by atoms with Crippen molar-refractivity contribution in [2.45, 2.75) is 39.4 Å². The van der Waals surface area contributed by atoms with Gasteiger partial charge in [0, 0.05) is 24.7 Å². The Morgan fingerprint density at radius 1 is 1.39 bits per heavy atom. The summed E-state index contributed by atoms with van der Waals surface area (Å²) >= 11 is 0. The molecule has 1 atom stereocenters. The fourth-order valence-electron chi connectivity index (χ4n) is 2.70. The highest BCUT2D eigenvalue weighted by molar-refractivity contribution is 5.77. The molecule has 1 aromatic rings. The minimum Gasteiger partial charge on any atom is -0.366 e. The van der Waals surface area contributed by atoms with Crippen LogP contribution in [0.5, 0.6) is 0 Å². The van der Waals surface area contributed by atoms with Crippen LogP contribution in [-0.4, -0.2) is 30.3 Å². The Bertz CT molecular complexity index is 620. The number of fused-ring (bicyclic) bond motifs is 4. The van der Waals surface area contributed by atoms with Crippen LogP contribution in [0.1, 0.15) is 32.9 Å². The average Bonchev–Trinajstić information content (AvgIpc) is 2.90. The van der Waals surface area contributed by atoms with Crippen molar-refractivity contribution in [3.8, 4) is 0 Å². The number of hydrogen-bond donors (Lipinski definition) is 1. The van der Waals surface area contributed by atoms with Gasteiger partial charge in [-0.1, -0.05) is 20.4 Å². The summed E-state index contributed by atoms with van der Waals surface area (Å²) in [6.45, 7) is 10.7. The van der Waals surface area contributed by atoms with E-state index in [4.69, 9.17) is 0 Å². The predicted molar refractivity (Wildman–Crippen MR) is 88.7 cm³/mol. The third-order valence-corrected chi connectivity index (χ3v) is 3.91. The Morgan fingerprint density at radius 2 is 2.09 bits per heavy atom. The van der Waals surface area contributed by atoms with Crippen LogP contribution in [0.25, 0.3) is 5.57 Å². The molecule has 1 unspecified atom stereocenters. The number of pyridine rings is 1. The van der Waals surface area contributed by atoms with Crippen LogP contribution in [-0.2, 0) is 0 Å². The second-order valence-electron chi connectivity index (χ2n) is 5.49. The molecule has 3 rings (SSSR count). The lowest BCUT2D eigenvalue weighted by atomic mass is 10.1. The second kappa shape index (κ2) is 6.64. The minimum absolute atomic E-state index is 0.266. The molecule has 1 N–H and O–H groups in total. The van der Waals surface area contributed by atoms with Crippen molar-refractivity contribution in [3.63, 3.8) is 0 Å². The molecule has 0 radical (unpaired) electrons. The monoisotopic (exact) mass is 325 g/mol. The van der Waals surface area contributed by atoms with Crippen molar-refractivity contribution in [2.24, 2.45) is 0 Å². The molecule has 2 bridgehead atoms. The molecule has 1 aromatic heterocycles. The standard InChI is InChI=1S/C15H16F3N3.C2H6/c1-9(7-10(2)15(16,17)18)12-3-4-13-14(20-12)19-11-5-6-21(13)8-11;1-2/h3-4,7,11H,1,5-6,8H2,2H3,(H,19,20);1-2H3/b10-7+;. The van der Waals surface area contributed by atoms with Gasteiger partial charge in [0.2, 0.25) is 0 Å². The largest absolute Gasteiger partial charge is 0.412 e. The van der Waals surface area contributed by atoms with Crippen LogP contribution in [0.4, 0.5) is 24.7 Å². The zero-order chi connectivity index (χ0) is 17.2. The van der Waals surface area contributed by atoms with Gasteiger partial charge in [-0.2, -0.15) is 13.2 Å². The van der Waals surface area contributed by atoms with Crippen LogP contribution in [0, 0.1) is 0 Å². The van der Waals surface area contributed by atoms with E-state index in [1.807, 2.05) is 19.9 Å². The zero-order valence-electron chi connectivity index (χ0n) is 13.7. The van der Waals surface area contributed by atoms with Gasteiger partial charge in [-0.05, 0) is 37.1 Å². The zero-order valence-corrected chi connectivity index (χ0v) is 13.7. The van der Waals surface area contributed by atoms with Crippen molar-refractivity contribution in [3.05, 3.63) is 36.1 Å². The summed E-state index contributed by atoms with van der Waals surface area (Å²) in [6, 6.07) is 4.00. The van der Waals surface area contributed by atoms with E-state index < -0.39 is 11.7 Å². The highest BCUT2D eigenvalue weighted by atomic mass is 19.4. The van der Waals surface area contributed by atoms with Crippen LogP contribution in [0.3, 0.4) is 0 Å². The molecule has 0 spiro atoms. The van der Waals surface area contributed by atoms with Gasteiger partial charge < -0.3 is 10.2 Å². The fraction of sp³-hybridized carbons (Fsp3) is 0.471. The summed E-state index contributed by atoms with van der Waals surface area (Å²) in [4.78, 5) is 6.67. The first kappa shape index (κ1) is 17.4. The predicted octanol–water partition coefficient (Wildman–Crippen LogP) is 4.63. The number of aromatic nitrogens is 1. The molecular weight excluding hydrogens is 303 g/mol. The quantitative estimate of drug-likeness (QED) is 0.803.